The minimum Gasteiger partial charge on any atom is -0.481 e. The predicted octanol–water partition coefficient (Wildman–Crippen LogP) is 2.98. The highest BCUT2D eigenvalue weighted by atomic mass is 16.4. The van der Waals surface area contributed by atoms with Gasteiger partial charge in [0.1, 0.15) is 0 Å². The van der Waals surface area contributed by atoms with Crippen LogP contribution in [0.5, 0.6) is 0 Å². The van der Waals surface area contributed by atoms with E-state index in [4.69, 9.17) is 0 Å². The van der Waals surface area contributed by atoms with Gasteiger partial charge in [-0.15, -0.1) is 0 Å². The third-order valence-corrected chi connectivity index (χ3v) is 4.13. The Bertz CT molecular complexity index is 400. The lowest BCUT2D eigenvalue weighted by Crippen LogP contribution is -2.37. The van der Waals surface area contributed by atoms with Crippen LogP contribution in [0.2, 0.25) is 0 Å². The van der Waals surface area contributed by atoms with Gasteiger partial charge < -0.3 is 10.0 Å². The average Bonchev–Trinajstić information content (AvgIpc) is 2.37. The lowest BCUT2D eigenvalue weighted by Gasteiger charge is -2.33. The van der Waals surface area contributed by atoms with E-state index in [1.165, 1.54) is 19.3 Å². The van der Waals surface area contributed by atoms with Gasteiger partial charge in [0, 0.05) is 13.1 Å². The number of aliphatic carboxylic acids is 1. The van der Waals surface area contributed by atoms with Crippen LogP contribution in [0.1, 0.15) is 37.7 Å². The molecule has 1 aliphatic rings. The number of likely N-dealkylation sites (N-methyl/N-ethyl adjacent to an activating group) is 1. The number of rotatable bonds is 7. The molecular weight excluding hydrogens is 238 g/mol. The zero-order valence-corrected chi connectivity index (χ0v) is 11.6. The number of benzene rings is 1. The maximum Gasteiger partial charge on any atom is 0.312 e. The molecule has 1 atom stereocenters. The summed E-state index contributed by atoms with van der Waals surface area (Å²) in [6.45, 7) is 4.70. The summed E-state index contributed by atoms with van der Waals surface area (Å²) in [6, 6.07) is 9.57. The molecule has 0 spiro atoms. The fraction of sp³-hybridized carbons (Fsp3) is 0.562. The molecule has 0 aliphatic heterocycles. The van der Waals surface area contributed by atoms with Gasteiger partial charge in [0.2, 0.25) is 0 Å². The largest absolute Gasteiger partial charge is 0.481 e. The molecule has 1 aliphatic carbocycles. The third kappa shape index (κ3) is 3.80. The van der Waals surface area contributed by atoms with Crippen molar-refractivity contribution in [1.82, 2.24) is 4.90 Å². The maximum absolute atomic E-state index is 11.5. The topological polar surface area (TPSA) is 40.5 Å². The highest BCUT2D eigenvalue weighted by Gasteiger charge is 2.25. The number of hydrogen-bond donors (Lipinski definition) is 1. The third-order valence-electron chi connectivity index (χ3n) is 4.13. The van der Waals surface area contributed by atoms with Crippen LogP contribution in [0.25, 0.3) is 0 Å². The number of hydrogen-bond acceptors (Lipinski definition) is 2. The number of carboxylic acid groups (broad SMARTS) is 1. The van der Waals surface area contributed by atoms with Gasteiger partial charge in [0.25, 0.3) is 0 Å². The molecule has 1 aromatic rings. The first-order chi connectivity index (χ1) is 9.20. The van der Waals surface area contributed by atoms with Crippen LogP contribution < -0.4 is 0 Å². The zero-order valence-electron chi connectivity index (χ0n) is 11.6. The standard InChI is InChI=1S/C16H23NO2/c1-2-17(11-13-7-6-8-13)12-15(16(18)19)14-9-4-3-5-10-14/h3-5,9-10,13,15H,2,6-8,11-12H2,1H3,(H,18,19). The van der Waals surface area contributed by atoms with E-state index in [1.807, 2.05) is 30.3 Å². The molecule has 3 nitrogen and oxygen atoms in total. The molecule has 1 aromatic carbocycles. The lowest BCUT2D eigenvalue weighted by molar-refractivity contribution is -0.139. The molecule has 0 bridgehead atoms. The monoisotopic (exact) mass is 261 g/mol. The summed E-state index contributed by atoms with van der Waals surface area (Å²) < 4.78 is 0. The first-order valence-electron chi connectivity index (χ1n) is 7.20. The Kier molecular flexibility index (Phi) is 4.97. The molecule has 1 fully saturated rings. The summed E-state index contributed by atoms with van der Waals surface area (Å²) >= 11 is 0. The van der Waals surface area contributed by atoms with Gasteiger partial charge in [-0.05, 0) is 30.9 Å². The fourth-order valence-corrected chi connectivity index (χ4v) is 2.64. The highest BCUT2D eigenvalue weighted by Crippen LogP contribution is 2.28. The average molecular weight is 261 g/mol. The maximum atomic E-state index is 11.5. The summed E-state index contributed by atoms with van der Waals surface area (Å²) in [5.74, 6) is -0.357. The van der Waals surface area contributed by atoms with E-state index in [2.05, 4.69) is 11.8 Å². The lowest BCUT2D eigenvalue weighted by atomic mass is 9.85. The highest BCUT2D eigenvalue weighted by molar-refractivity contribution is 5.76. The Balaban J connectivity index is 2.00. The van der Waals surface area contributed by atoms with Crippen molar-refractivity contribution < 1.29 is 9.90 Å². The Morgan fingerprint density at radius 2 is 2.05 bits per heavy atom. The molecule has 0 aromatic heterocycles. The first kappa shape index (κ1) is 14.1. The van der Waals surface area contributed by atoms with Crippen LogP contribution in [0.15, 0.2) is 30.3 Å². The Morgan fingerprint density at radius 3 is 2.53 bits per heavy atom. The van der Waals surface area contributed by atoms with E-state index in [0.29, 0.717) is 6.54 Å². The van der Waals surface area contributed by atoms with Crippen LogP contribution in [0.4, 0.5) is 0 Å². The Hall–Kier alpha value is -1.35. The zero-order chi connectivity index (χ0) is 13.7. The molecular formula is C16H23NO2. The molecule has 0 radical (unpaired) electrons. The van der Waals surface area contributed by atoms with Gasteiger partial charge in [-0.2, -0.15) is 0 Å². The molecule has 0 saturated heterocycles. The molecule has 0 heterocycles. The smallest absolute Gasteiger partial charge is 0.312 e. The second-order valence-electron chi connectivity index (χ2n) is 5.45. The van der Waals surface area contributed by atoms with E-state index < -0.39 is 11.9 Å². The number of nitrogens with zero attached hydrogens (tertiary/aromatic N) is 1. The van der Waals surface area contributed by atoms with E-state index in [9.17, 15) is 9.90 Å². The minimum absolute atomic E-state index is 0.416. The SMILES string of the molecule is CCN(CC1CCC1)CC(C(=O)O)c1ccccc1. The molecule has 1 unspecified atom stereocenters. The van der Waals surface area contributed by atoms with Crippen molar-refractivity contribution in [1.29, 1.82) is 0 Å². The van der Waals surface area contributed by atoms with Crippen LogP contribution in [0.3, 0.4) is 0 Å². The van der Waals surface area contributed by atoms with Crippen molar-refractivity contribution in [2.45, 2.75) is 32.1 Å². The summed E-state index contributed by atoms with van der Waals surface area (Å²) in [7, 11) is 0. The molecule has 1 N–H and O–H groups in total. The van der Waals surface area contributed by atoms with Gasteiger partial charge in [-0.3, -0.25) is 4.79 Å². The second kappa shape index (κ2) is 6.71. The molecule has 3 heteroatoms. The van der Waals surface area contributed by atoms with Crippen molar-refractivity contribution in [3.63, 3.8) is 0 Å². The van der Waals surface area contributed by atoms with Gasteiger partial charge in [0.15, 0.2) is 0 Å². The van der Waals surface area contributed by atoms with Crippen molar-refractivity contribution in [3.8, 4) is 0 Å². The van der Waals surface area contributed by atoms with Crippen molar-refractivity contribution >= 4 is 5.97 Å². The van der Waals surface area contributed by atoms with E-state index in [0.717, 1.165) is 24.6 Å². The summed E-state index contributed by atoms with van der Waals surface area (Å²) in [5.41, 5.74) is 0.905. The second-order valence-corrected chi connectivity index (χ2v) is 5.45. The normalized spacial score (nSPS) is 17.2. The predicted molar refractivity (Wildman–Crippen MR) is 76.3 cm³/mol. The van der Waals surface area contributed by atoms with Crippen molar-refractivity contribution in [3.05, 3.63) is 35.9 Å². The van der Waals surface area contributed by atoms with E-state index >= 15 is 0 Å². The van der Waals surface area contributed by atoms with Gasteiger partial charge >= 0.3 is 5.97 Å². The molecule has 0 amide bonds. The summed E-state index contributed by atoms with van der Waals surface area (Å²) in [5, 5.41) is 9.45. The fourth-order valence-electron chi connectivity index (χ4n) is 2.64. The van der Waals surface area contributed by atoms with Crippen LogP contribution in [-0.2, 0) is 4.79 Å². The van der Waals surface area contributed by atoms with Crippen LogP contribution in [0, 0.1) is 5.92 Å². The van der Waals surface area contributed by atoms with Gasteiger partial charge in [0.05, 0.1) is 5.92 Å². The van der Waals surface area contributed by atoms with Crippen molar-refractivity contribution in [2.75, 3.05) is 19.6 Å². The molecule has 19 heavy (non-hydrogen) atoms. The van der Waals surface area contributed by atoms with E-state index in [1.54, 1.807) is 0 Å². The number of carboxylic acids is 1. The van der Waals surface area contributed by atoms with Gasteiger partial charge in [-0.1, -0.05) is 43.7 Å². The summed E-state index contributed by atoms with van der Waals surface area (Å²) in [4.78, 5) is 13.8. The van der Waals surface area contributed by atoms with Crippen molar-refractivity contribution in [2.24, 2.45) is 5.92 Å². The van der Waals surface area contributed by atoms with Gasteiger partial charge in [-0.25, -0.2) is 0 Å². The number of carbonyl (C=O) groups is 1. The minimum atomic E-state index is -0.724. The van der Waals surface area contributed by atoms with Crippen LogP contribution >= 0.6 is 0 Å². The Morgan fingerprint density at radius 1 is 1.37 bits per heavy atom. The Labute approximate surface area is 115 Å². The molecule has 1 saturated carbocycles. The summed E-state index contributed by atoms with van der Waals surface area (Å²) in [6.07, 6.45) is 3.95. The van der Waals surface area contributed by atoms with E-state index in [-0.39, 0.29) is 0 Å². The molecule has 104 valence electrons. The van der Waals surface area contributed by atoms with Crippen LogP contribution in [-0.4, -0.2) is 35.6 Å². The first-order valence-corrected chi connectivity index (χ1v) is 7.20. The quantitative estimate of drug-likeness (QED) is 0.820. The molecule has 2 rings (SSSR count).